The molecule has 1 aromatic heterocycles. The van der Waals surface area contributed by atoms with Crippen LogP contribution in [0.4, 0.5) is 8.78 Å². The average molecular weight is 437 g/mol. The molecule has 3 heterocycles. The largest absolute Gasteiger partial charge is 0.493 e. The molecule has 2 aliphatic heterocycles. The number of pyridine rings is 1. The van der Waals surface area contributed by atoms with Gasteiger partial charge in [0.05, 0.1) is 13.0 Å². The van der Waals surface area contributed by atoms with E-state index in [1.54, 1.807) is 24.5 Å². The maximum Gasteiger partial charge on any atom is 0.248 e. The van der Waals surface area contributed by atoms with Gasteiger partial charge in [-0.05, 0) is 42.0 Å². The number of fused-ring (bicyclic) bond motifs is 2. The van der Waals surface area contributed by atoms with Gasteiger partial charge in [0, 0.05) is 29.9 Å². The lowest BCUT2D eigenvalue weighted by Gasteiger charge is -2.39. The summed E-state index contributed by atoms with van der Waals surface area (Å²) in [5.74, 6) is -0.754. The molecule has 8 heteroatoms. The highest BCUT2D eigenvalue weighted by atomic mass is 32.2. The van der Waals surface area contributed by atoms with E-state index in [0.717, 1.165) is 29.3 Å². The minimum absolute atomic E-state index is 0.0348. The first kappa shape index (κ1) is 19.7. The molecule has 31 heavy (non-hydrogen) atoms. The van der Waals surface area contributed by atoms with E-state index in [1.165, 1.54) is 16.8 Å². The summed E-state index contributed by atoms with van der Waals surface area (Å²) in [4.78, 5) is 16.5. The fraction of sp³-hybridized carbons (Fsp3) is 0.174. The highest BCUT2D eigenvalue weighted by Crippen LogP contribution is 2.54. The number of carbonyl (C=O) groups is 1. The minimum atomic E-state index is -0.896. The highest BCUT2D eigenvalue weighted by molar-refractivity contribution is 8.15. The number of nitrogens with zero attached hydrogens (tertiary/aromatic N) is 3. The predicted octanol–water partition coefficient (Wildman–Crippen LogP) is 4.48. The number of carbonyl (C=O) groups excluding carboxylic acids is 1. The van der Waals surface area contributed by atoms with Gasteiger partial charge in [-0.1, -0.05) is 30.0 Å². The Hall–Kier alpha value is -3.26. The second-order valence-corrected chi connectivity index (χ2v) is 8.51. The van der Waals surface area contributed by atoms with Gasteiger partial charge in [-0.15, -0.1) is 0 Å². The standard InChI is InChI=1S/C23H17F2N3O2S/c24-16-5-6-19(25)17(14-16)22-27-28(21(29)13-15-7-10-26-11-8-15)23(31-22)9-12-30-20-4-2-1-3-18(20)23/h1-8,10-11,14H,9,12-13H2. The molecule has 0 bridgehead atoms. The molecule has 0 saturated carbocycles. The summed E-state index contributed by atoms with van der Waals surface area (Å²) >= 11 is 1.26. The number of rotatable bonds is 3. The van der Waals surface area contributed by atoms with Gasteiger partial charge in [0.25, 0.3) is 0 Å². The van der Waals surface area contributed by atoms with E-state index in [1.807, 2.05) is 24.3 Å². The van der Waals surface area contributed by atoms with E-state index >= 15 is 0 Å². The van der Waals surface area contributed by atoms with E-state index in [0.29, 0.717) is 18.8 Å². The van der Waals surface area contributed by atoms with Crippen molar-refractivity contribution in [3.63, 3.8) is 0 Å². The van der Waals surface area contributed by atoms with Crippen LogP contribution in [0.5, 0.6) is 5.75 Å². The molecule has 1 unspecified atom stereocenters. The van der Waals surface area contributed by atoms with Gasteiger partial charge >= 0.3 is 0 Å². The number of aromatic nitrogens is 1. The van der Waals surface area contributed by atoms with Crippen molar-refractivity contribution in [2.45, 2.75) is 17.7 Å². The Morgan fingerprint density at radius 3 is 2.77 bits per heavy atom. The molecule has 5 nitrogen and oxygen atoms in total. The molecule has 3 aromatic rings. The summed E-state index contributed by atoms with van der Waals surface area (Å²) in [5, 5.41) is 6.19. The van der Waals surface area contributed by atoms with Crippen molar-refractivity contribution >= 4 is 22.7 Å². The van der Waals surface area contributed by atoms with Crippen LogP contribution in [0.3, 0.4) is 0 Å². The maximum absolute atomic E-state index is 14.6. The first-order valence-corrected chi connectivity index (χ1v) is 10.6. The van der Waals surface area contributed by atoms with Crippen molar-refractivity contribution in [1.82, 2.24) is 9.99 Å². The summed E-state index contributed by atoms with van der Waals surface area (Å²) in [6.07, 6.45) is 3.81. The molecule has 2 aromatic carbocycles. The Morgan fingerprint density at radius 2 is 1.94 bits per heavy atom. The molecular formula is C23H17F2N3O2S. The highest BCUT2D eigenvalue weighted by Gasteiger charge is 2.51. The number of hydrogen-bond acceptors (Lipinski definition) is 5. The van der Waals surface area contributed by atoms with Crippen LogP contribution in [-0.2, 0) is 16.1 Å². The van der Waals surface area contributed by atoms with E-state index in [2.05, 4.69) is 10.1 Å². The Labute approximate surface area is 181 Å². The Bertz CT molecular complexity index is 1190. The van der Waals surface area contributed by atoms with Crippen LogP contribution in [0.15, 0.2) is 72.1 Å². The zero-order chi connectivity index (χ0) is 21.4. The lowest BCUT2D eigenvalue weighted by atomic mass is 9.98. The van der Waals surface area contributed by atoms with Gasteiger partial charge < -0.3 is 4.74 Å². The van der Waals surface area contributed by atoms with E-state index < -0.39 is 16.5 Å². The number of halogens is 2. The first-order chi connectivity index (χ1) is 15.1. The van der Waals surface area contributed by atoms with E-state index in [4.69, 9.17) is 4.74 Å². The zero-order valence-electron chi connectivity index (χ0n) is 16.3. The molecule has 5 rings (SSSR count). The summed E-state index contributed by atoms with van der Waals surface area (Å²) in [7, 11) is 0. The fourth-order valence-electron chi connectivity index (χ4n) is 3.85. The summed E-state index contributed by atoms with van der Waals surface area (Å²) < 4.78 is 34.2. The zero-order valence-corrected chi connectivity index (χ0v) is 17.1. The van der Waals surface area contributed by atoms with Crippen molar-refractivity contribution in [3.05, 3.63) is 95.3 Å². The monoisotopic (exact) mass is 437 g/mol. The summed E-state index contributed by atoms with van der Waals surface area (Å²) in [6.45, 7) is 0.373. The lowest BCUT2D eigenvalue weighted by molar-refractivity contribution is -0.134. The van der Waals surface area contributed by atoms with Crippen molar-refractivity contribution in [3.8, 4) is 5.75 Å². The number of ether oxygens (including phenoxy) is 1. The molecule has 0 fully saturated rings. The maximum atomic E-state index is 14.6. The summed E-state index contributed by atoms with van der Waals surface area (Å²) in [5.41, 5.74) is 1.61. The predicted molar refractivity (Wildman–Crippen MR) is 114 cm³/mol. The Kier molecular flexibility index (Phi) is 4.94. The number of hydrogen-bond donors (Lipinski definition) is 0. The number of amides is 1. The second-order valence-electron chi connectivity index (χ2n) is 7.25. The molecule has 2 aliphatic rings. The van der Waals surface area contributed by atoms with Gasteiger partial charge in [0.1, 0.15) is 27.3 Å². The SMILES string of the molecule is O=C(Cc1ccncc1)N1N=C(c2cc(F)ccc2F)SC12CCOc1ccccc12. The number of thioether (sulfide) groups is 1. The quantitative estimate of drug-likeness (QED) is 0.607. The van der Waals surface area contributed by atoms with Crippen LogP contribution in [-0.4, -0.2) is 27.6 Å². The fourth-order valence-corrected chi connectivity index (χ4v) is 5.25. The third-order valence-corrected chi connectivity index (χ3v) is 6.73. The van der Waals surface area contributed by atoms with Crippen LogP contribution in [0.2, 0.25) is 0 Å². The van der Waals surface area contributed by atoms with Crippen molar-refractivity contribution in [2.24, 2.45) is 5.10 Å². The van der Waals surface area contributed by atoms with Crippen molar-refractivity contribution < 1.29 is 18.3 Å². The molecule has 1 atom stereocenters. The number of para-hydroxylation sites is 1. The molecule has 0 saturated heterocycles. The average Bonchev–Trinajstić information content (AvgIpc) is 3.16. The van der Waals surface area contributed by atoms with E-state index in [9.17, 15) is 13.6 Å². The topological polar surface area (TPSA) is 54.8 Å². The Balaban J connectivity index is 1.61. The molecule has 0 aliphatic carbocycles. The third kappa shape index (κ3) is 3.46. The third-order valence-electron chi connectivity index (χ3n) is 5.30. The van der Waals surface area contributed by atoms with Gasteiger partial charge in [0.15, 0.2) is 0 Å². The number of benzene rings is 2. The van der Waals surface area contributed by atoms with Crippen LogP contribution in [0.25, 0.3) is 0 Å². The van der Waals surface area contributed by atoms with Gasteiger partial charge in [0.2, 0.25) is 5.91 Å². The van der Waals surface area contributed by atoms with Gasteiger partial charge in [-0.3, -0.25) is 9.78 Å². The van der Waals surface area contributed by atoms with Gasteiger partial charge in [-0.2, -0.15) is 5.10 Å². The van der Waals surface area contributed by atoms with Crippen molar-refractivity contribution in [2.75, 3.05) is 6.61 Å². The van der Waals surface area contributed by atoms with Crippen LogP contribution in [0, 0.1) is 11.6 Å². The van der Waals surface area contributed by atoms with Crippen LogP contribution in [0.1, 0.15) is 23.1 Å². The Morgan fingerprint density at radius 1 is 1.13 bits per heavy atom. The lowest BCUT2D eigenvalue weighted by Crippen LogP contribution is -2.45. The molecular weight excluding hydrogens is 420 g/mol. The number of hydrazone groups is 1. The second kappa shape index (κ2) is 7.77. The van der Waals surface area contributed by atoms with Crippen molar-refractivity contribution in [1.29, 1.82) is 0 Å². The molecule has 1 amide bonds. The smallest absolute Gasteiger partial charge is 0.248 e. The normalized spacial score (nSPS) is 19.7. The molecule has 156 valence electrons. The van der Waals surface area contributed by atoms with E-state index in [-0.39, 0.29) is 22.9 Å². The molecule has 0 N–H and O–H groups in total. The van der Waals surface area contributed by atoms with Crippen LogP contribution >= 0.6 is 11.8 Å². The molecule has 1 spiro atoms. The minimum Gasteiger partial charge on any atom is -0.493 e. The van der Waals surface area contributed by atoms with Gasteiger partial charge in [-0.25, -0.2) is 13.8 Å². The first-order valence-electron chi connectivity index (χ1n) is 9.74. The van der Waals surface area contributed by atoms with Crippen LogP contribution < -0.4 is 4.74 Å². The summed E-state index contributed by atoms with van der Waals surface area (Å²) in [6, 6.07) is 14.2. The molecule has 0 radical (unpaired) electrons.